The fraction of sp³-hybridized carbons (Fsp3) is 0.921. The Morgan fingerprint density at radius 1 is 0.750 bits per heavy atom. The highest BCUT2D eigenvalue weighted by Gasteiger charge is 2.48. The van der Waals surface area contributed by atoms with Crippen molar-refractivity contribution in [3.05, 3.63) is 12.2 Å². The second-order valence-corrected chi connectivity index (χ2v) is 15.4. The molecular weight excluding hydrogens is 694 g/mol. The van der Waals surface area contributed by atoms with Gasteiger partial charge < -0.3 is 40.3 Å². The van der Waals surface area contributed by atoms with Gasteiger partial charge in [0.15, 0.2) is 6.29 Å². The summed E-state index contributed by atoms with van der Waals surface area (Å²) in [4.78, 5) is 13.0. The van der Waals surface area contributed by atoms with E-state index in [1.807, 2.05) is 0 Å². The number of carbonyl (C=O) groups is 1. The molecule has 1 heterocycles. The van der Waals surface area contributed by atoms with Gasteiger partial charge in [0.05, 0.1) is 25.4 Å². The molecule has 0 aromatic heterocycles. The first-order valence-electron chi connectivity index (χ1n) is 20.2. The van der Waals surface area contributed by atoms with Crippen molar-refractivity contribution in [1.29, 1.82) is 0 Å². The summed E-state index contributed by atoms with van der Waals surface area (Å²) in [5.41, 5.74) is 0. The van der Waals surface area contributed by atoms with E-state index >= 15 is 0 Å². The first-order chi connectivity index (χ1) is 24.9. The molecule has 1 aliphatic heterocycles. The maximum Gasteiger partial charge on any atom is 0.397 e. The van der Waals surface area contributed by atoms with E-state index in [0.29, 0.717) is 19.3 Å². The molecule has 0 bridgehead atoms. The molecule has 8 unspecified atom stereocenters. The quantitative estimate of drug-likeness (QED) is 0.0254. The topological polar surface area (TPSA) is 212 Å². The molecule has 0 aromatic rings. The lowest BCUT2D eigenvalue weighted by Crippen LogP contribution is -2.61. The fourth-order valence-corrected chi connectivity index (χ4v) is 6.91. The van der Waals surface area contributed by atoms with E-state index in [0.717, 1.165) is 64.2 Å². The van der Waals surface area contributed by atoms with Crippen LogP contribution in [-0.4, -0.2) is 107 Å². The summed E-state index contributed by atoms with van der Waals surface area (Å²) in [6, 6.07) is -1.03. The predicted molar refractivity (Wildman–Crippen MR) is 201 cm³/mol. The van der Waals surface area contributed by atoms with Gasteiger partial charge in [-0.1, -0.05) is 135 Å². The van der Waals surface area contributed by atoms with Gasteiger partial charge in [-0.25, -0.2) is 4.18 Å². The van der Waals surface area contributed by atoms with Gasteiger partial charge in [0, 0.05) is 0 Å². The molecule has 8 atom stereocenters. The molecule has 0 spiro atoms. The number of ether oxygens (including phenoxy) is 2. The van der Waals surface area contributed by atoms with Gasteiger partial charge >= 0.3 is 10.4 Å². The number of amides is 1. The summed E-state index contributed by atoms with van der Waals surface area (Å²) < 4.78 is 47.2. The molecular formula is C38H73NO12S. The monoisotopic (exact) mass is 767 g/mol. The molecule has 14 heteroatoms. The molecule has 7 N–H and O–H groups in total. The summed E-state index contributed by atoms with van der Waals surface area (Å²) in [6.07, 6.45) is 17.5. The minimum absolute atomic E-state index is 0.247. The van der Waals surface area contributed by atoms with E-state index in [-0.39, 0.29) is 6.42 Å². The summed E-state index contributed by atoms with van der Waals surface area (Å²) in [5.74, 6) is -0.684. The Morgan fingerprint density at radius 2 is 1.23 bits per heavy atom. The van der Waals surface area contributed by atoms with Crippen molar-refractivity contribution in [2.75, 3.05) is 13.2 Å². The van der Waals surface area contributed by atoms with E-state index in [1.165, 1.54) is 57.8 Å². The lowest BCUT2D eigenvalue weighted by Gasteiger charge is -2.41. The number of nitrogens with one attached hydrogen (secondary N) is 1. The van der Waals surface area contributed by atoms with Crippen molar-refractivity contribution < 1.29 is 57.0 Å². The minimum atomic E-state index is -5.10. The lowest BCUT2D eigenvalue weighted by atomic mass is 9.99. The normalized spacial score (nSPS) is 22.8. The standard InChI is InChI=1S/C38H73NO12S/c1-3-5-7-9-11-12-13-14-15-16-17-18-19-20-21-23-25-27-32(42)37(45)39-30(31(41)26-24-22-10-8-6-4-2)29-49-38-35(44)36(51-52(46,47)48)34(43)33(28-40)50-38/h17-18,30-36,38,40-44H,3-16,19-29H2,1-2H3,(H,39,45)(H,46,47,48)/b18-17-. The first kappa shape index (κ1) is 48.8. The molecule has 0 aliphatic carbocycles. The Kier molecular flexibility index (Phi) is 28.2. The van der Waals surface area contributed by atoms with Gasteiger partial charge in [-0.15, -0.1) is 0 Å². The third kappa shape index (κ3) is 22.9. The average Bonchev–Trinajstić information content (AvgIpc) is 3.11. The fourth-order valence-electron chi connectivity index (χ4n) is 6.40. The molecule has 308 valence electrons. The third-order valence-corrected chi connectivity index (χ3v) is 10.1. The second-order valence-electron chi connectivity index (χ2n) is 14.4. The molecule has 1 fully saturated rings. The highest BCUT2D eigenvalue weighted by molar-refractivity contribution is 7.80. The van der Waals surface area contributed by atoms with Crippen LogP contribution in [0.5, 0.6) is 0 Å². The van der Waals surface area contributed by atoms with Crippen molar-refractivity contribution >= 4 is 16.3 Å². The molecule has 0 saturated carbocycles. The summed E-state index contributed by atoms with van der Waals surface area (Å²) in [6.45, 7) is 3.16. The number of hydrogen-bond acceptors (Lipinski definition) is 11. The minimum Gasteiger partial charge on any atom is -0.394 e. The number of hydrogen-bond donors (Lipinski definition) is 7. The largest absolute Gasteiger partial charge is 0.397 e. The average molecular weight is 768 g/mol. The number of allylic oxidation sites excluding steroid dienone is 2. The van der Waals surface area contributed by atoms with Crippen LogP contribution in [0.4, 0.5) is 0 Å². The number of aliphatic hydroxyl groups is 5. The van der Waals surface area contributed by atoms with Crippen LogP contribution in [0.15, 0.2) is 12.2 Å². The Bertz CT molecular complexity index is 1020. The van der Waals surface area contributed by atoms with Gasteiger partial charge in [-0.2, -0.15) is 8.42 Å². The number of aliphatic hydroxyl groups excluding tert-OH is 5. The Balaban J connectivity index is 2.53. The van der Waals surface area contributed by atoms with Crippen molar-refractivity contribution in [3.8, 4) is 0 Å². The zero-order chi connectivity index (χ0) is 38.6. The predicted octanol–water partition coefficient (Wildman–Crippen LogP) is 5.40. The van der Waals surface area contributed by atoms with Gasteiger partial charge in [0.2, 0.25) is 5.91 Å². The van der Waals surface area contributed by atoms with Crippen molar-refractivity contribution in [1.82, 2.24) is 5.32 Å². The van der Waals surface area contributed by atoms with Crippen molar-refractivity contribution in [3.63, 3.8) is 0 Å². The smallest absolute Gasteiger partial charge is 0.394 e. The lowest BCUT2D eigenvalue weighted by molar-refractivity contribution is -0.298. The molecule has 1 rings (SSSR count). The van der Waals surface area contributed by atoms with Crippen LogP contribution in [0.1, 0.15) is 162 Å². The maximum absolute atomic E-state index is 13.0. The Labute approximate surface area is 313 Å². The first-order valence-corrected chi connectivity index (χ1v) is 21.5. The van der Waals surface area contributed by atoms with E-state index in [4.69, 9.17) is 14.0 Å². The molecule has 1 amide bonds. The Morgan fingerprint density at radius 3 is 1.73 bits per heavy atom. The van der Waals surface area contributed by atoms with Crippen LogP contribution in [0.2, 0.25) is 0 Å². The van der Waals surface area contributed by atoms with Crippen LogP contribution in [0.25, 0.3) is 0 Å². The molecule has 52 heavy (non-hydrogen) atoms. The van der Waals surface area contributed by atoms with Crippen molar-refractivity contribution in [2.24, 2.45) is 0 Å². The molecule has 0 aromatic carbocycles. The van der Waals surface area contributed by atoms with Crippen LogP contribution >= 0.6 is 0 Å². The highest BCUT2D eigenvalue weighted by Crippen LogP contribution is 2.26. The van der Waals surface area contributed by atoms with Gasteiger partial charge in [-0.05, 0) is 38.5 Å². The maximum atomic E-state index is 13.0. The molecule has 1 aliphatic rings. The van der Waals surface area contributed by atoms with E-state index in [1.54, 1.807) is 0 Å². The van der Waals surface area contributed by atoms with Crippen molar-refractivity contribution in [2.45, 2.75) is 210 Å². The number of rotatable bonds is 33. The Hall–Kier alpha value is -1.20. The van der Waals surface area contributed by atoms with E-state index in [2.05, 4.69) is 35.5 Å². The number of unbranched alkanes of at least 4 members (excludes halogenated alkanes) is 18. The zero-order valence-corrected chi connectivity index (χ0v) is 32.8. The SMILES string of the molecule is CCCCCCCCCCC/C=C\CCCCCCC(O)C(=O)NC(COC1OC(CO)C(O)C(OS(=O)(=O)O)C1O)C(O)CCCCCCCC. The van der Waals surface area contributed by atoms with Crippen LogP contribution < -0.4 is 5.32 Å². The highest BCUT2D eigenvalue weighted by atomic mass is 32.3. The van der Waals surface area contributed by atoms with Crippen LogP contribution in [-0.2, 0) is 28.9 Å². The van der Waals surface area contributed by atoms with Gasteiger partial charge in [-0.3, -0.25) is 9.35 Å². The van der Waals surface area contributed by atoms with E-state index in [9.17, 15) is 38.7 Å². The summed E-state index contributed by atoms with van der Waals surface area (Å²) in [7, 11) is -5.10. The molecule has 13 nitrogen and oxygen atoms in total. The van der Waals surface area contributed by atoms with Gasteiger partial charge in [0.25, 0.3) is 0 Å². The summed E-state index contributed by atoms with van der Waals surface area (Å²) >= 11 is 0. The zero-order valence-electron chi connectivity index (χ0n) is 32.0. The second kappa shape index (κ2) is 30.1. The van der Waals surface area contributed by atoms with Gasteiger partial charge in [0.1, 0.15) is 30.5 Å². The third-order valence-electron chi connectivity index (χ3n) is 9.68. The van der Waals surface area contributed by atoms with Crippen LogP contribution in [0.3, 0.4) is 0 Å². The molecule has 0 radical (unpaired) electrons. The van der Waals surface area contributed by atoms with Crippen LogP contribution in [0, 0.1) is 0 Å². The number of carbonyl (C=O) groups excluding carboxylic acids is 1. The summed E-state index contributed by atoms with van der Waals surface area (Å²) in [5, 5.41) is 54.8. The van der Waals surface area contributed by atoms with E-state index < -0.39 is 78.5 Å². The molecule has 1 saturated heterocycles.